The van der Waals surface area contributed by atoms with E-state index in [1.54, 1.807) is 12.1 Å². The van der Waals surface area contributed by atoms with Gasteiger partial charge in [0, 0.05) is 28.6 Å². The van der Waals surface area contributed by atoms with Crippen molar-refractivity contribution in [3.05, 3.63) is 28.0 Å². The van der Waals surface area contributed by atoms with Gasteiger partial charge in [-0.15, -0.1) is 11.3 Å². The van der Waals surface area contributed by atoms with Crippen LogP contribution in [-0.2, 0) is 31.2 Å². The van der Waals surface area contributed by atoms with Gasteiger partial charge in [-0.05, 0) is 18.2 Å². The summed E-state index contributed by atoms with van der Waals surface area (Å²) in [6, 6.07) is 3.28. The van der Waals surface area contributed by atoms with Crippen molar-refractivity contribution in [1.82, 2.24) is 4.72 Å². The van der Waals surface area contributed by atoms with Crippen LogP contribution in [0, 0.1) is 0 Å². The van der Waals surface area contributed by atoms with E-state index >= 15 is 0 Å². The van der Waals surface area contributed by atoms with Gasteiger partial charge in [0.2, 0.25) is 10.0 Å². The Morgan fingerprint density at radius 2 is 2.00 bits per heavy atom. The Kier molecular flexibility index (Phi) is 5.45. The van der Waals surface area contributed by atoms with Crippen molar-refractivity contribution in [3.63, 3.8) is 0 Å². The van der Waals surface area contributed by atoms with E-state index in [0.29, 0.717) is 9.75 Å². The van der Waals surface area contributed by atoms with E-state index in [-0.39, 0.29) is 6.54 Å². The summed E-state index contributed by atoms with van der Waals surface area (Å²) in [5, 5.41) is 7.51. The van der Waals surface area contributed by atoms with Crippen molar-refractivity contribution in [2.75, 3.05) is 11.3 Å². The van der Waals surface area contributed by atoms with Crippen molar-refractivity contribution in [2.45, 2.75) is 6.54 Å². The van der Waals surface area contributed by atoms with Crippen molar-refractivity contribution in [2.24, 2.45) is 0 Å². The SMILES string of the molecule is CS(=O)(=O)CS(=O)(=O)NCc1ccc(/C=C/C(=O)O)s1. The largest absolute Gasteiger partial charge is 0.478 e. The van der Waals surface area contributed by atoms with Gasteiger partial charge < -0.3 is 5.11 Å². The van der Waals surface area contributed by atoms with E-state index in [0.717, 1.165) is 12.3 Å². The monoisotopic (exact) mass is 339 g/mol. The maximum atomic E-state index is 11.5. The van der Waals surface area contributed by atoms with E-state index in [2.05, 4.69) is 4.72 Å². The number of aliphatic carboxylic acids is 1. The van der Waals surface area contributed by atoms with Crippen LogP contribution in [0.4, 0.5) is 0 Å². The molecule has 0 aliphatic rings. The summed E-state index contributed by atoms with van der Waals surface area (Å²) in [4.78, 5) is 11.6. The molecule has 10 heteroatoms. The van der Waals surface area contributed by atoms with Gasteiger partial charge in [-0.2, -0.15) is 0 Å². The van der Waals surface area contributed by atoms with Crippen LogP contribution in [0.3, 0.4) is 0 Å². The zero-order valence-electron chi connectivity index (χ0n) is 10.4. The fourth-order valence-electron chi connectivity index (χ4n) is 1.24. The number of hydrogen-bond donors (Lipinski definition) is 2. The highest BCUT2D eigenvalue weighted by atomic mass is 32.3. The maximum Gasteiger partial charge on any atom is 0.328 e. The molecule has 0 unspecified atom stereocenters. The molecule has 0 radical (unpaired) electrons. The smallest absolute Gasteiger partial charge is 0.328 e. The van der Waals surface area contributed by atoms with Crippen LogP contribution in [0.2, 0.25) is 0 Å². The van der Waals surface area contributed by atoms with E-state index in [4.69, 9.17) is 5.11 Å². The van der Waals surface area contributed by atoms with Crippen LogP contribution >= 0.6 is 11.3 Å². The number of rotatable bonds is 7. The van der Waals surface area contributed by atoms with Crippen molar-refractivity contribution in [3.8, 4) is 0 Å². The second-order valence-corrected chi connectivity index (χ2v) is 9.47. The minimum absolute atomic E-state index is 0.0383. The predicted octanol–water partition coefficient (Wildman–Crippen LogP) is 0.267. The van der Waals surface area contributed by atoms with Crippen LogP contribution in [0.15, 0.2) is 18.2 Å². The highest BCUT2D eigenvalue weighted by Gasteiger charge is 2.17. The highest BCUT2D eigenvalue weighted by Crippen LogP contribution is 2.18. The van der Waals surface area contributed by atoms with Crippen LogP contribution in [0.5, 0.6) is 0 Å². The molecule has 0 aromatic carbocycles. The van der Waals surface area contributed by atoms with Crippen molar-refractivity contribution >= 4 is 43.2 Å². The molecule has 0 aliphatic heterocycles. The number of sulfonamides is 1. The van der Waals surface area contributed by atoms with Gasteiger partial charge in [-0.25, -0.2) is 26.4 Å². The Bertz CT molecular complexity index is 714. The molecule has 1 heterocycles. The molecule has 1 aromatic rings. The van der Waals surface area contributed by atoms with Crippen molar-refractivity contribution in [1.29, 1.82) is 0 Å². The van der Waals surface area contributed by atoms with Crippen molar-refractivity contribution < 1.29 is 26.7 Å². The van der Waals surface area contributed by atoms with Gasteiger partial charge in [-0.3, -0.25) is 0 Å². The number of carboxylic acids is 1. The number of carboxylic acid groups (broad SMARTS) is 1. The number of sulfone groups is 1. The average Bonchev–Trinajstić information content (AvgIpc) is 2.68. The average molecular weight is 339 g/mol. The number of carbonyl (C=O) groups is 1. The lowest BCUT2D eigenvalue weighted by atomic mass is 10.4. The quantitative estimate of drug-likeness (QED) is 0.688. The molecular weight excluding hydrogens is 326 g/mol. The molecule has 0 atom stereocenters. The van der Waals surface area contributed by atoms with Gasteiger partial charge in [0.05, 0.1) is 0 Å². The molecule has 0 saturated heterocycles. The summed E-state index contributed by atoms with van der Waals surface area (Å²) in [5.41, 5.74) is 0. The Hall–Kier alpha value is -1.23. The fourth-order valence-corrected chi connectivity index (χ4v) is 5.15. The normalized spacial score (nSPS) is 12.8. The molecule has 0 bridgehead atoms. The molecule has 20 heavy (non-hydrogen) atoms. The van der Waals surface area contributed by atoms with Crippen LogP contribution in [0.1, 0.15) is 9.75 Å². The number of thiophene rings is 1. The third-order valence-electron chi connectivity index (χ3n) is 1.91. The van der Waals surface area contributed by atoms with Gasteiger partial charge >= 0.3 is 5.97 Å². The minimum atomic E-state index is -3.90. The number of nitrogens with one attached hydrogen (secondary N) is 1. The zero-order valence-corrected chi connectivity index (χ0v) is 12.9. The van der Waals surface area contributed by atoms with Crippen LogP contribution < -0.4 is 4.72 Å². The Morgan fingerprint density at radius 3 is 2.55 bits per heavy atom. The molecule has 2 N–H and O–H groups in total. The Balaban J connectivity index is 2.65. The van der Waals surface area contributed by atoms with E-state index in [9.17, 15) is 21.6 Å². The lowest BCUT2D eigenvalue weighted by molar-refractivity contribution is -0.131. The Labute approximate surface area is 120 Å². The first-order chi connectivity index (χ1) is 9.07. The van der Waals surface area contributed by atoms with E-state index in [1.807, 2.05) is 0 Å². The van der Waals surface area contributed by atoms with Gasteiger partial charge in [-0.1, -0.05) is 0 Å². The lowest BCUT2D eigenvalue weighted by Crippen LogP contribution is -2.29. The molecule has 1 aromatic heterocycles. The van der Waals surface area contributed by atoms with E-state index < -0.39 is 30.9 Å². The third-order valence-corrected chi connectivity index (χ3v) is 6.50. The zero-order chi connectivity index (χ0) is 15.4. The van der Waals surface area contributed by atoms with Crippen LogP contribution in [0.25, 0.3) is 6.08 Å². The first kappa shape index (κ1) is 16.8. The first-order valence-electron chi connectivity index (χ1n) is 5.22. The molecule has 0 spiro atoms. The minimum Gasteiger partial charge on any atom is -0.478 e. The first-order valence-corrected chi connectivity index (χ1v) is 9.75. The fraction of sp³-hybridized carbons (Fsp3) is 0.300. The Morgan fingerprint density at radius 1 is 1.35 bits per heavy atom. The topological polar surface area (TPSA) is 118 Å². The molecule has 7 nitrogen and oxygen atoms in total. The molecular formula is C10H13NO6S3. The van der Waals surface area contributed by atoms with Gasteiger partial charge in [0.1, 0.15) is 0 Å². The molecule has 0 fully saturated rings. The summed E-state index contributed by atoms with van der Waals surface area (Å²) in [7, 11) is -7.52. The maximum absolute atomic E-state index is 11.5. The third kappa shape index (κ3) is 6.80. The van der Waals surface area contributed by atoms with Gasteiger partial charge in [0.25, 0.3) is 0 Å². The second kappa shape index (κ2) is 6.48. The molecule has 0 amide bonds. The molecule has 1 rings (SSSR count). The summed E-state index contributed by atoms with van der Waals surface area (Å²) >= 11 is 1.21. The summed E-state index contributed by atoms with van der Waals surface area (Å²) in [5.74, 6) is -1.08. The van der Waals surface area contributed by atoms with Crippen LogP contribution in [-0.4, -0.2) is 39.3 Å². The highest BCUT2D eigenvalue weighted by molar-refractivity contribution is 8.06. The van der Waals surface area contributed by atoms with E-state index in [1.165, 1.54) is 17.4 Å². The summed E-state index contributed by atoms with van der Waals surface area (Å²) in [6.07, 6.45) is 3.21. The number of hydrogen-bond acceptors (Lipinski definition) is 6. The molecule has 0 aliphatic carbocycles. The molecule has 0 saturated carbocycles. The second-order valence-electron chi connectivity index (χ2n) is 3.96. The lowest BCUT2D eigenvalue weighted by Gasteiger charge is -2.03. The summed E-state index contributed by atoms with van der Waals surface area (Å²) in [6.45, 7) is -0.0383. The van der Waals surface area contributed by atoms with Gasteiger partial charge in [0.15, 0.2) is 14.9 Å². The standard InChI is InChI=1S/C10H13NO6S3/c1-19(14,15)7-20(16,17)11-6-9-3-2-8(18-9)4-5-10(12)13/h2-5,11H,6-7H2,1H3,(H,12,13)/b5-4+. The predicted molar refractivity (Wildman–Crippen MR) is 76.5 cm³/mol. The molecule has 112 valence electrons. The summed E-state index contributed by atoms with van der Waals surface area (Å²) < 4.78 is 47.0.